The summed E-state index contributed by atoms with van der Waals surface area (Å²) in [5.41, 5.74) is 0. The SMILES string of the molecule is CCC(CNC1CC1)N(C)C1CCCCC1. The molecule has 1 atom stereocenters. The average Bonchev–Trinajstić information content (AvgIpc) is 3.15. The minimum absolute atomic E-state index is 0.753. The zero-order valence-electron chi connectivity index (χ0n) is 11.0. The summed E-state index contributed by atoms with van der Waals surface area (Å²) in [4.78, 5) is 2.66. The Balaban J connectivity index is 1.75. The molecule has 16 heavy (non-hydrogen) atoms. The highest BCUT2D eigenvalue weighted by Crippen LogP contribution is 2.24. The van der Waals surface area contributed by atoms with E-state index in [1.54, 1.807) is 0 Å². The standard InChI is InChI=1S/C14H28N2/c1-3-13(11-15-12-9-10-12)16(2)14-7-5-4-6-8-14/h12-15H,3-11H2,1-2H3. The number of nitrogens with zero attached hydrogens (tertiary/aromatic N) is 1. The summed E-state index contributed by atoms with van der Waals surface area (Å²) in [7, 11) is 2.35. The van der Waals surface area contributed by atoms with Gasteiger partial charge in [-0.25, -0.2) is 0 Å². The largest absolute Gasteiger partial charge is 0.312 e. The van der Waals surface area contributed by atoms with Gasteiger partial charge in [-0.15, -0.1) is 0 Å². The Labute approximate surface area is 101 Å². The van der Waals surface area contributed by atoms with E-state index < -0.39 is 0 Å². The lowest BCUT2D eigenvalue weighted by molar-refractivity contribution is 0.131. The lowest BCUT2D eigenvalue weighted by Gasteiger charge is -2.37. The van der Waals surface area contributed by atoms with Crippen LogP contribution in [-0.4, -0.2) is 36.6 Å². The van der Waals surface area contributed by atoms with Crippen molar-refractivity contribution in [3.8, 4) is 0 Å². The van der Waals surface area contributed by atoms with Gasteiger partial charge in [0, 0.05) is 24.7 Å². The number of likely N-dealkylation sites (N-methyl/N-ethyl adjacent to an activating group) is 1. The first-order valence-corrected chi connectivity index (χ1v) is 7.26. The summed E-state index contributed by atoms with van der Waals surface area (Å²) < 4.78 is 0. The van der Waals surface area contributed by atoms with Gasteiger partial charge in [0.15, 0.2) is 0 Å². The molecule has 2 aliphatic carbocycles. The smallest absolute Gasteiger partial charge is 0.0218 e. The summed E-state index contributed by atoms with van der Waals surface area (Å²) >= 11 is 0. The monoisotopic (exact) mass is 224 g/mol. The highest BCUT2D eigenvalue weighted by molar-refractivity contribution is 4.85. The van der Waals surface area contributed by atoms with Crippen LogP contribution in [0.3, 0.4) is 0 Å². The quantitative estimate of drug-likeness (QED) is 0.746. The van der Waals surface area contributed by atoms with E-state index in [0.717, 1.165) is 18.1 Å². The molecular weight excluding hydrogens is 196 g/mol. The molecule has 0 aromatic rings. The van der Waals surface area contributed by atoms with Gasteiger partial charge in [-0.05, 0) is 39.2 Å². The van der Waals surface area contributed by atoms with Gasteiger partial charge in [-0.3, -0.25) is 4.90 Å². The van der Waals surface area contributed by atoms with E-state index in [0.29, 0.717) is 0 Å². The van der Waals surface area contributed by atoms with Crippen LogP contribution in [0.2, 0.25) is 0 Å². The number of rotatable bonds is 6. The van der Waals surface area contributed by atoms with Crippen LogP contribution in [0.4, 0.5) is 0 Å². The Bertz CT molecular complexity index is 195. The van der Waals surface area contributed by atoms with Crippen LogP contribution in [-0.2, 0) is 0 Å². The summed E-state index contributed by atoms with van der Waals surface area (Å²) in [6.07, 6.45) is 11.3. The van der Waals surface area contributed by atoms with E-state index in [4.69, 9.17) is 0 Å². The van der Waals surface area contributed by atoms with Crippen LogP contribution in [0.1, 0.15) is 58.3 Å². The molecule has 2 aliphatic rings. The van der Waals surface area contributed by atoms with Gasteiger partial charge in [0.2, 0.25) is 0 Å². The van der Waals surface area contributed by atoms with Crippen LogP contribution < -0.4 is 5.32 Å². The molecule has 94 valence electrons. The molecule has 0 bridgehead atoms. The van der Waals surface area contributed by atoms with Crippen molar-refractivity contribution >= 4 is 0 Å². The van der Waals surface area contributed by atoms with E-state index in [-0.39, 0.29) is 0 Å². The van der Waals surface area contributed by atoms with E-state index in [1.165, 1.54) is 57.9 Å². The van der Waals surface area contributed by atoms with Gasteiger partial charge in [0.1, 0.15) is 0 Å². The first kappa shape index (κ1) is 12.4. The molecule has 1 unspecified atom stereocenters. The third-order valence-electron chi connectivity index (χ3n) is 4.42. The zero-order valence-corrected chi connectivity index (χ0v) is 11.0. The minimum Gasteiger partial charge on any atom is -0.312 e. The van der Waals surface area contributed by atoms with E-state index in [1.807, 2.05) is 0 Å². The Morgan fingerprint density at radius 3 is 2.38 bits per heavy atom. The van der Waals surface area contributed by atoms with E-state index >= 15 is 0 Å². The lowest BCUT2D eigenvalue weighted by Crippen LogP contribution is -2.46. The fourth-order valence-electron chi connectivity index (χ4n) is 2.95. The Morgan fingerprint density at radius 2 is 1.81 bits per heavy atom. The second-order valence-electron chi connectivity index (χ2n) is 5.70. The van der Waals surface area contributed by atoms with Crippen molar-refractivity contribution in [3.05, 3.63) is 0 Å². The Hall–Kier alpha value is -0.0800. The van der Waals surface area contributed by atoms with Crippen LogP contribution in [0.25, 0.3) is 0 Å². The van der Waals surface area contributed by atoms with Gasteiger partial charge < -0.3 is 5.32 Å². The first-order valence-electron chi connectivity index (χ1n) is 7.26. The Kier molecular flexibility index (Phi) is 4.66. The maximum absolute atomic E-state index is 3.69. The fraction of sp³-hybridized carbons (Fsp3) is 1.00. The van der Waals surface area contributed by atoms with Gasteiger partial charge >= 0.3 is 0 Å². The number of hydrogen-bond acceptors (Lipinski definition) is 2. The van der Waals surface area contributed by atoms with Crippen LogP contribution in [0.5, 0.6) is 0 Å². The highest BCUT2D eigenvalue weighted by Gasteiger charge is 2.26. The normalized spacial score (nSPS) is 24.9. The van der Waals surface area contributed by atoms with Gasteiger partial charge in [0.25, 0.3) is 0 Å². The van der Waals surface area contributed by atoms with Crippen molar-refractivity contribution in [1.29, 1.82) is 0 Å². The van der Waals surface area contributed by atoms with Crippen molar-refractivity contribution in [2.45, 2.75) is 76.4 Å². The second-order valence-corrected chi connectivity index (χ2v) is 5.70. The van der Waals surface area contributed by atoms with Crippen molar-refractivity contribution < 1.29 is 0 Å². The van der Waals surface area contributed by atoms with Gasteiger partial charge in [-0.2, -0.15) is 0 Å². The lowest BCUT2D eigenvalue weighted by atomic mass is 9.93. The number of nitrogens with one attached hydrogen (secondary N) is 1. The summed E-state index contributed by atoms with van der Waals surface area (Å²) in [6.45, 7) is 3.53. The molecule has 2 saturated carbocycles. The summed E-state index contributed by atoms with van der Waals surface area (Å²) in [5, 5.41) is 3.69. The predicted molar refractivity (Wildman–Crippen MR) is 69.7 cm³/mol. The first-order chi connectivity index (χ1) is 7.81. The average molecular weight is 224 g/mol. The van der Waals surface area contributed by atoms with Crippen molar-refractivity contribution in [2.24, 2.45) is 0 Å². The Morgan fingerprint density at radius 1 is 1.12 bits per heavy atom. The van der Waals surface area contributed by atoms with E-state index in [9.17, 15) is 0 Å². The zero-order chi connectivity index (χ0) is 11.4. The molecule has 2 fully saturated rings. The molecular formula is C14H28N2. The fourth-order valence-corrected chi connectivity index (χ4v) is 2.95. The maximum atomic E-state index is 3.69. The van der Waals surface area contributed by atoms with Crippen molar-refractivity contribution in [3.63, 3.8) is 0 Å². The summed E-state index contributed by atoms with van der Waals surface area (Å²) in [5.74, 6) is 0. The molecule has 1 N–H and O–H groups in total. The molecule has 0 radical (unpaired) electrons. The van der Waals surface area contributed by atoms with Crippen molar-refractivity contribution in [2.75, 3.05) is 13.6 Å². The molecule has 0 amide bonds. The second kappa shape index (κ2) is 6.02. The topological polar surface area (TPSA) is 15.3 Å². The molecule has 0 spiro atoms. The van der Waals surface area contributed by atoms with E-state index in [2.05, 4.69) is 24.2 Å². The molecule has 0 aromatic carbocycles. The molecule has 2 nitrogen and oxygen atoms in total. The van der Waals surface area contributed by atoms with Crippen LogP contribution in [0.15, 0.2) is 0 Å². The third kappa shape index (κ3) is 3.46. The third-order valence-corrected chi connectivity index (χ3v) is 4.42. The highest BCUT2D eigenvalue weighted by atomic mass is 15.2. The van der Waals surface area contributed by atoms with Crippen LogP contribution in [0, 0.1) is 0 Å². The number of hydrogen-bond donors (Lipinski definition) is 1. The predicted octanol–water partition coefficient (Wildman–Crippen LogP) is 2.78. The van der Waals surface area contributed by atoms with Crippen molar-refractivity contribution in [1.82, 2.24) is 10.2 Å². The minimum atomic E-state index is 0.753. The molecule has 0 aromatic heterocycles. The molecule has 2 rings (SSSR count). The molecule has 0 heterocycles. The molecule has 2 heteroatoms. The summed E-state index contributed by atoms with van der Waals surface area (Å²) in [6, 6.07) is 2.47. The van der Waals surface area contributed by atoms with Gasteiger partial charge in [0.05, 0.1) is 0 Å². The maximum Gasteiger partial charge on any atom is 0.0218 e. The molecule has 0 aliphatic heterocycles. The van der Waals surface area contributed by atoms with Crippen LogP contribution >= 0.6 is 0 Å². The molecule has 0 saturated heterocycles. The van der Waals surface area contributed by atoms with Gasteiger partial charge in [-0.1, -0.05) is 26.2 Å².